The molecule has 1 heterocycles. The number of aliphatic hydroxyl groups is 1. The van der Waals surface area contributed by atoms with Crippen LogP contribution in [0.2, 0.25) is 0 Å². The van der Waals surface area contributed by atoms with Gasteiger partial charge in [-0.3, -0.25) is 0 Å². The van der Waals surface area contributed by atoms with Crippen molar-refractivity contribution in [2.45, 2.75) is 31.0 Å². The number of para-hydroxylation sites is 1. The van der Waals surface area contributed by atoms with E-state index < -0.39 is 18.4 Å². The van der Waals surface area contributed by atoms with E-state index in [0.29, 0.717) is 16.7 Å². The number of aromatic nitrogens is 2. The van der Waals surface area contributed by atoms with Gasteiger partial charge < -0.3 is 9.84 Å². The quantitative estimate of drug-likeness (QED) is 0.457. The van der Waals surface area contributed by atoms with Crippen LogP contribution in [-0.4, -0.2) is 27.7 Å². The van der Waals surface area contributed by atoms with Crippen LogP contribution in [0.4, 0.5) is 13.2 Å². The maximum Gasteiger partial charge on any atom is 0.424 e. The Morgan fingerprint density at radius 3 is 2.50 bits per heavy atom. The molecule has 7 heteroatoms. The molecule has 0 radical (unpaired) electrons. The fourth-order valence-electron chi connectivity index (χ4n) is 4.22. The summed E-state index contributed by atoms with van der Waals surface area (Å²) in [4.78, 5) is 0. The van der Waals surface area contributed by atoms with Gasteiger partial charge in [-0.25, -0.2) is 4.68 Å². The van der Waals surface area contributed by atoms with E-state index in [0.717, 1.165) is 30.5 Å². The molecule has 5 rings (SSSR count). The minimum Gasteiger partial charge on any atom is -0.490 e. The van der Waals surface area contributed by atoms with Gasteiger partial charge in [0.2, 0.25) is 5.60 Å². The molecular weight excluding hydrogens is 417 g/mol. The predicted molar refractivity (Wildman–Crippen MR) is 115 cm³/mol. The number of rotatable bonds is 5. The molecule has 0 spiro atoms. The van der Waals surface area contributed by atoms with Gasteiger partial charge in [-0.2, -0.15) is 18.3 Å². The van der Waals surface area contributed by atoms with Crippen LogP contribution in [0.3, 0.4) is 0 Å². The first-order chi connectivity index (χ1) is 15.3. The third kappa shape index (κ3) is 3.52. The van der Waals surface area contributed by atoms with Crippen LogP contribution in [0, 0.1) is 0 Å². The lowest BCUT2D eigenvalue weighted by Gasteiger charge is -2.31. The van der Waals surface area contributed by atoms with Crippen molar-refractivity contribution in [3.63, 3.8) is 0 Å². The number of ether oxygens (including phenoxy) is 1. The summed E-state index contributed by atoms with van der Waals surface area (Å²) in [6.07, 6.45) is -0.546. The van der Waals surface area contributed by atoms with Crippen LogP contribution in [-0.2, 0) is 18.4 Å². The van der Waals surface area contributed by atoms with Gasteiger partial charge in [0.05, 0.1) is 17.4 Å². The highest BCUT2D eigenvalue weighted by molar-refractivity contribution is 5.81. The lowest BCUT2D eigenvalue weighted by molar-refractivity contribution is -0.275. The number of benzene rings is 3. The van der Waals surface area contributed by atoms with E-state index in [2.05, 4.69) is 5.10 Å². The SMILES string of the molecule is OC(COc1ccc2c(c1)CCC2)(c1ccc2c(cnn2-c2ccccc2)c1)C(F)(F)F. The summed E-state index contributed by atoms with van der Waals surface area (Å²) < 4.78 is 49.2. The van der Waals surface area contributed by atoms with Gasteiger partial charge in [0.1, 0.15) is 12.4 Å². The third-order valence-corrected chi connectivity index (χ3v) is 6.03. The standard InChI is InChI=1S/C25H21F3N2O2/c26-25(27,28)24(31,16-32-22-11-9-17-5-4-6-18(17)14-22)20-10-12-23-19(13-20)15-29-30(23)21-7-2-1-3-8-21/h1-3,7-15,31H,4-6,16H2. The first-order valence-corrected chi connectivity index (χ1v) is 10.4. The Labute approximate surface area is 182 Å². The maximum absolute atomic E-state index is 14.0. The van der Waals surface area contributed by atoms with Crippen molar-refractivity contribution in [3.05, 3.63) is 89.6 Å². The predicted octanol–water partition coefficient (Wildman–Crippen LogP) is 5.34. The zero-order valence-corrected chi connectivity index (χ0v) is 17.1. The zero-order chi connectivity index (χ0) is 22.3. The number of fused-ring (bicyclic) bond motifs is 2. The molecule has 4 nitrogen and oxygen atoms in total. The van der Waals surface area contributed by atoms with E-state index in [1.165, 1.54) is 30.0 Å². The molecule has 0 bridgehead atoms. The molecule has 1 atom stereocenters. The second-order valence-electron chi connectivity index (χ2n) is 8.10. The third-order valence-electron chi connectivity index (χ3n) is 6.03. The van der Waals surface area contributed by atoms with Crippen LogP contribution < -0.4 is 4.74 Å². The number of aryl methyl sites for hydroxylation is 2. The number of hydrogen-bond acceptors (Lipinski definition) is 3. The monoisotopic (exact) mass is 438 g/mol. The molecule has 32 heavy (non-hydrogen) atoms. The van der Waals surface area contributed by atoms with Gasteiger partial charge in [-0.15, -0.1) is 0 Å². The molecule has 164 valence electrons. The van der Waals surface area contributed by atoms with Gasteiger partial charge in [0.25, 0.3) is 0 Å². The van der Waals surface area contributed by atoms with E-state index >= 15 is 0 Å². The average molecular weight is 438 g/mol. The van der Waals surface area contributed by atoms with Gasteiger partial charge >= 0.3 is 6.18 Å². The lowest BCUT2D eigenvalue weighted by atomic mass is 9.93. The largest absolute Gasteiger partial charge is 0.490 e. The van der Waals surface area contributed by atoms with Crippen LogP contribution in [0.15, 0.2) is 72.9 Å². The maximum atomic E-state index is 14.0. The summed E-state index contributed by atoms with van der Waals surface area (Å²) in [6.45, 7) is -0.937. The highest BCUT2D eigenvalue weighted by Crippen LogP contribution is 2.40. The first kappa shape index (κ1) is 20.6. The van der Waals surface area contributed by atoms with Gasteiger partial charge in [0, 0.05) is 5.39 Å². The highest BCUT2D eigenvalue weighted by atomic mass is 19.4. The van der Waals surface area contributed by atoms with Crippen LogP contribution >= 0.6 is 0 Å². The number of hydrogen-bond donors (Lipinski definition) is 1. The Balaban J connectivity index is 1.47. The first-order valence-electron chi connectivity index (χ1n) is 10.4. The minimum atomic E-state index is -4.92. The Bertz CT molecular complexity index is 1270. The number of alkyl halides is 3. The second-order valence-corrected chi connectivity index (χ2v) is 8.10. The Morgan fingerprint density at radius 2 is 1.72 bits per heavy atom. The van der Waals surface area contributed by atoms with Crippen LogP contribution in [0.1, 0.15) is 23.1 Å². The molecular formula is C25H21F3N2O2. The molecule has 0 saturated heterocycles. The van der Waals surface area contributed by atoms with Gasteiger partial charge in [0.15, 0.2) is 0 Å². The summed E-state index contributed by atoms with van der Waals surface area (Å²) in [5.74, 6) is 0.325. The molecule has 3 aromatic carbocycles. The Kier molecular flexibility index (Phi) is 4.93. The topological polar surface area (TPSA) is 47.3 Å². The summed E-state index contributed by atoms with van der Waals surface area (Å²) in [5.41, 5.74) is 0.281. The summed E-state index contributed by atoms with van der Waals surface area (Å²) in [6, 6.07) is 18.8. The van der Waals surface area contributed by atoms with Crippen molar-refractivity contribution in [3.8, 4) is 11.4 Å². The smallest absolute Gasteiger partial charge is 0.424 e. The van der Waals surface area contributed by atoms with E-state index in [1.54, 1.807) is 16.8 Å². The van der Waals surface area contributed by atoms with Crippen molar-refractivity contribution >= 4 is 10.9 Å². The van der Waals surface area contributed by atoms with Crippen molar-refractivity contribution in [2.75, 3.05) is 6.61 Å². The molecule has 1 aliphatic rings. The van der Waals surface area contributed by atoms with Gasteiger partial charge in [-0.1, -0.05) is 30.3 Å². The fraction of sp³-hybridized carbons (Fsp3) is 0.240. The molecule has 1 N–H and O–H groups in total. The summed E-state index contributed by atoms with van der Waals surface area (Å²) in [7, 11) is 0. The Morgan fingerprint density at radius 1 is 0.938 bits per heavy atom. The number of halogens is 3. The minimum absolute atomic E-state index is 0.286. The molecule has 4 aromatic rings. The summed E-state index contributed by atoms with van der Waals surface area (Å²) >= 11 is 0. The van der Waals surface area contributed by atoms with Crippen LogP contribution in [0.25, 0.3) is 16.6 Å². The molecule has 0 saturated carbocycles. The molecule has 1 aliphatic carbocycles. The van der Waals surface area contributed by atoms with E-state index in [4.69, 9.17) is 4.74 Å². The fourth-order valence-corrected chi connectivity index (χ4v) is 4.22. The Hall–Kier alpha value is -3.32. The lowest BCUT2D eigenvalue weighted by Crippen LogP contribution is -2.47. The molecule has 0 amide bonds. The normalized spacial score (nSPS) is 15.5. The van der Waals surface area contributed by atoms with E-state index in [-0.39, 0.29) is 5.56 Å². The number of nitrogens with zero attached hydrogens (tertiary/aromatic N) is 2. The molecule has 0 fully saturated rings. The van der Waals surface area contributed by atoms with Crippen molar-refractivity contribution < 1.29 is 23.0 Å². The highest BCUT2D eigenvalue weighted by Gasteiger charge is 2.56. The second kappa shape index (κ2) is 7.67. The van der Waals surface area contributed by atoms with Crippen molar-refractivity contribution in [1.82, 2.24) is 9.78 Å². The van der Waals surface area contributed by atoms with Gasteiger partial charge in [-0.05, 0) is 72.4 Å². The molecule has 0 aliphatic heterocycles. The van der Waals surface area contributed by atoms with Crippen molar-refractivity contribution in [1.29, 1.82) is 0 Å². The van der Waals surface area contributed by atoms with E-state index in [1.807, 2.05) is 36.4 Å². The van der Waals surface area contributed by atoms with E-state index in [9.17, 15) is 18.3 Å². The zero-order valence-electron chi connectivity index (χ0n) is 17.1. The van der Waals surface area contributed by atoms with Crippen LogP contribution in [0.5, 0.6) is 5.75 Å². The molecule has 1 aromatic heterocycles. The summed E-state index contributed by atoms with van der Waals surface area (Å²) in [5, 5.41) is 15.6. The average Bonchev–Trinajstić information content (AvgIpc) is 3.43. The molecule has 1 unspecified atom stereocenters. The van der Waals surface area contributed by atoms with Crippen molar-refractivity contribution in [2.24, 2.45) is 0 Å².